The van der Waals surface area contributed by atoms with Gasteiger partial charge in [-0.15, -0.1) is 15.3 Å². The number of likely N-dealkylation sites (N-methyl/N-ethyl adjacent to an activating group) is 1. The Bertz CT molecular complexity index is 2190. The lowest BCUT2D eigenvalue weighted by Crippen LogP contribution is -2.44. The summed E-state index contributed by atoms with van der Waals surface area (Å²) in [6.45, 7) is 12.4. The van der Waals surface area contributed by atoms with Crippen LogP contribution in [0.25, 0.3) is 11.3 Å². The van der Waals surface area contributed by atoms with Crippen LogP contribution in [0.2, 0.25) is 0 Å². The molecule has 1 N–H and O–H groups in total. The SMILES string of the molecule is CN1CCN(Cc2cccc(-n3nc(C(C)(C)C)cc3N(OC=O)C(=O)N[C@H]3CC[C@@H](Oc4ccc5nnc([C@@H]6CCCN6C)n5c4)c4ccccc43)c2)CC1. The summed E-state index contributed by atoms with van der Waals surface area (Å²) in [5.41, 5.74) is 5.04. The number of nitrogens with zero attached hydrogens (tertiary/aromatic N) is 9. The lowest BCUT2D eigenvalue weighted by Gasteiger charge is -2.33. The number of piperazine rings is 1. The van der Waals surface area contributed by atoms with E-state index in [2.05, 4.69) is 77.2 Å². The zero-order chi connectivity index (χ0) is 39.0. The van der Waals surface area contributed by atoms with Crippen LogP contribution in [0.3, 0.4) is 0 Å². The third kappa shape index (κ3) is 7.73. The normalized spacial score (nSPS) is 20.8. The summed E-state index contributed by atoms with van der Waals surface area (Å²) in [5, 5.41) is 18.1. The number of carbonyl (C=O) groups excluding carboxylic acids is 2. The van der Waals surface area contributed by atoms with E-state index in [9.17, 15) is 9.59 Å². The first-order valence-electron chi connectivity index (χ1n) is 19.7. The number of hydrogen-bond donors (Lipinski definition) is 1. The maximum atomic E-state index is 14.3. The van der Waals surface area contributed by atoms with Crippen molar-refractivity contribution >= 4 is 24.0 Å². The second-order valence-electron chi connectivity index (χ2n) is 16.4. The number of aromatic nitrogens is 5. The van der Waals surface area contributed by atoms with Gasteiger partial charge < -0.3 is 19.8 Å². The average molecular weight is 761 g/mol. The van der Waals surface area contributed by atoms with Crippen LogP contribution < -0.4 is 15.1 Å². The van der Waals surface area contributed by atoms with Gasteiger partial charge in [0.1, 0.15) is 11.9 Å². The minimum Gasteiger partial charge on any atom is -0.484 e. The highest BCUT2D eigenvalue weighted by Crippen LogP contribution is 2.40. The zero-order valence-corrected chi connectivity index (χ0v) is 33.0. The molecule has 5 aromatic rings. The predicted octanol–water partition coefficient (Wildman–Crippen LogP) is 5.99. The summed E-state index contributed by atoms with van der Waals surface area (Å²) in [4.78, 5) is 38.9. The monoisotopic (exact) mass is 760 g/mol. The van der Waals surface area contributed by atoms with Gasteiger partial charge in [0.2, 0.25) is 0 Å². The second-order valence-corrected chi connectivity index (χ2v) is 16.4. The lowest BCUT2D eigenvalue weighted by molar-refractivity contribution is -0.129. The molecule has 3 atom stereocenters. The minimum atomic E-state index is -0.575. The topological polar surface area (TPSA) is 126 Å². The highest BCUT2D eigenvalue weighted by atomic mass is 16.7. The van der Waals surface area contributed by atoms with Crippen molar-refractivity contribution < 1.29 is 19.2 Å². The van der Waals surface area contributed by atoms with Crippen molar-refractivity contribution in [3.63, 3.8) is 0 Å². The van der Waals surface area contributed by atoms with Gasteiger partial charge in [-0.25, -0.2) is 9.48 Å². The Hall–Kier alpha value is -5.31. The smallest absolute Gasteiger partial charge is 0.357 e. The first kappa shape index (κ1) is 37.6. The van der Waals surface area contributed by atoms with Gasteiger partial charge in [0.15, 0.2) is 17.3 Å². The number of nitrogens with one attached hydrogen (secondary N) is 1. The van der Waals surface area contributed by atoms with E-state index in [0.29, 0.717) is 18.7 Å². The van der Waals surface area contributed by atoms with Crippen LogP contribution in [0.15, 0.2) is 72.9 Å². The molecule has 2 saturated heterocycles. The summed E-state index contributed by atoms with van der Waals surface area (Å²) >= 11 is 0. The molecule has 14 heteroatoms. The minimum absolute atomic E-state index is 0.221. The Kier molecular flexibility index (Phi) is 10.5. The van der Waals surface area contributed by atoms with Gasteiger partial charge >= 0.3 is 12.5 Å². The molecule has 56 heavy (non-hydrogen) atoms. The largest absolute Gasteiger partial charge is 0.484 e. The molecule has 2 aromatic carbocycles. The van der Waals surface area contributed by atoms with E-state index in [1.807, 2.05) is 65.2 Å². The molecule has 2 amide bonds. The third-order valence-electron chi connectivity index (χ3n) is 11.4. The fraction of sp³-hybridized carbons (Fsp3) is 0.452. The first-order chi connectivity index (χ1) is 27.1. The van der Waals surface area contributed by atoms with Gasteiger partial charge in [0.05, 0.1) is 29.7 Å². The highest BCUT2D eigenvalue weighted by molar-refractivity contribution is 5.90. The van der Waals surface area contributed by atoms with Gasteiger partial charge in [-0.3, -0.25) is 19.0 Å². The molecule has 5 heterocycles. The molecular weight excluding hydrogens is 709 g/mol. The molecule has 2 fully saturated rings. The average Bonchev–Trinajstić information content (AvgIpc) is 3.94. The van der Waals surface area contributed by atoms with Crippen LogP contribution in [-0.2, 0) is 21.6 Å². The predicted molar refractivity (Wildman–Crippen MR) is 213 cm³/mol. The lowest BCUT2D eigenvalue weighted by atomic mass is 9.85. The van der Waals surface area contributed by atoms with Crippen LogP contribution in [0.4, 0.5) is 10.6 Å². The number of ether oxygens (including phenoxy) is 1. The molecule has 3 aliphatic rings. The van der Waals surface area contributed by atoms with Gasteiger partial charge in [0.25, 0.3) is 0 Å². The molecule has 0 saturated carbocycles. The fourth-order valence-electron chi connectivity index (χ4n) is 8.19. The Morgan fingerprint density at radius 1 is 0.929 bits per heavy atom. The molecule has 0 spiro atoms. The Morgan fingerprint density at radius 2 is 1.73 bits per heavy atom. The van der Waals surface area contributed by atoms with Crippen molar-refractivity contribution in [1.82, 2.24) is 44.4 Å². The summed E-state index contributed by atoms with van der Waals surface area (Å²) in [5.74, 6) is 1.98. The quantitative estimate of drug-likeness (QED) is 0.134. The van der Waals surface area contributed by atoms with E-state index in [1.165, 1.54) is 0 Å². The van der Waals surface area contributed by atoms with E-state index < -0.39 is 6.03 Å². The molecule has 0 unspecified atom stereocenters. The Morgan fingerprint density at radius 3 is 2.48 bits per heavy atom. The molecule has 294 valence electrons. The van der Waals surface area contributed by atoms with Crippen molar-refractivity contribution in [3.05, 3.63) is 101 Å². The number of anilines is 1. The number of rotatable bonds is 10. The Balaban J connectivity index is 1.03. The van der Waals surface area contributed by atoms with Crippen molar-refractivity contribution in [1.29, 1.82) is 0 Å². The molecule has 14 nitrogen and oxygen atoms in total. The van der Waals surface area contributed by atoms with Crippen LogP contribution >= 0.6 is 0 Å². The number of urea groups is 1. The molecule has 8 rings (SSSR count). The number of amides is 2. The van der Waals surface area contributed by atoms with E-state index in [1.54, 1.807) is 4.68 Å². The van der Waals surface area contributed by atoms with Crippen LogP contribution in [-0.4, -0.2) is 98.4 Å². The van der Waals surface area contributed by atoms with Crippen LogP contribution in [0, 0.1) is 0 Å². The molecule has 3 aromatic heterocycles. The van der Waals surface area contributed by atoms with E-state index >= 15 is 0 Å². The maximum Gasteiger partial charge on any atom is 0.357 e. The Labute approximate surface area is 327 Å². The number of hydrogen-bond acceptors (Lipinski definition) is 10. The van der Waals surface area contributed by atoms with Crippen LogP contribution in [0.1, 0.15) is 92.9 Å². The third-order valence-corrected chi connectivity index (χ3v) is 11.4. The van der Waals surface area contributed by atoms with Gasteiger partial charge in [-0.2, -0.15) is 5.10 Å². The van der Waals surface area contributed by atoms with Crippen molar-refractivity contribution in [2.24, 2.45) is 0 Å². The van der Waals surface area contributed by atoms with E-state index in [4.69, 9.17) is 14.7 Å². The molecule has 2 aliphatic heterocycles. The highest BCUT2D eigenvalue weighted by Gasteiger charge is 2.34. The fourth-order valence-corrected chi connectivity index (χ4v) is 8.19. The van der Waals surface area contributed by atoms with Crippen molar-refractivity contribution in [2.75, 3.05) is 51.9 Å². The number of likely N-dealkylation sites (tertiary alicyclic amines) is 1. The van der Waals surface area contributed by atoms with Crippen LogP contribution in [0.5, 0.6) is 5.75 Å². The van der Waals surface area contributed by atoms with Crippen molar-refractivity contribution in [2.45, 2.75) is 76.6 Å². The van der Waals surface area contributed by atoms with Gasteiger partial charge in [-0.05, 0) is 87.3 Å². The number of carbonyl (C=O) groups is 2. The van der Waals surface area contributed by atoms with Gasteiger partial charge in [0, 0.05) is 44.2 Å². The summed E-state index contributed by atoms with van der Waals surface area (Å²) in [7, 11) is 4.28. The van der Waals surface area contributed by atoms with E-state index in [-0.39, 0.29) is 30.1 Å². The first-order valence-corrected chi connectivity index (χ1v) is 19.7. The molecule has 0 bridgehead atoms. The standard InChI is InChI=1S/C42H52N10O4/c1-42(2,3)37-25-39(51(46-37)30-11-8-10-29(24-30)26-49-22-20-47(4)21-23-49)52(55-28-53)41(54)43-34-16-17-36(33-13-7-6-12-32(33)34)56-31-15-18-38-44-45-40(50(38)27-31)35-14-9-19-48(35)5/h6-8,10-13,15,18,24-25,27-28,34-36H,9,14,16-17,19-23,26H2,1-5H3,(H,43,54)/t34-,35-,36+/m0/s1. The summed E-state index contributed by atoms with van der Waals surface area (Å²) in [6, 6.07) is 21.2. The molecular formula is C42H52N10O4. The number of pyridine rings is 1. The molecule has 0 radical (unpaired) electrons. The summed E-state index contributed by atoms with van der Waals surface area (Å²) < 4.78 is 10.4. The number of benzene rings is 2. The second kappa shape index (κ2) is 15.7. The van der Waals surface area contributed by atoms with Crippen molar-refractivity contribution in [3.8, 4) is 11.4 Å². The number of hydroxylamine groups is 1. The van der Waals surface area contributed by atoms with Gasteiger partial charge in [-0.1, -0.05) is 57.2 Å². The maximum absolute atomic E-state index is 14.3. The zero-order valence-electron chi connectivity index (χ0n) is 33.0. The molecule has 1 aliphatic carbocycles. The number of fused-ring (bicyclic) bond motifs is 2. The van der Waals surface area contributed by atoms with E-state index in [0.717, 1.165) is 102 Å². The summed E-state index contributed by atoms with van der Waals surface area (Å²) in [6.07, 6.45) is 5.19.